The van der Waals surface area contributed by atoms with Gasteiger partial charge in [0.15, 0.2) is 0 Å². The zero-order valence-corrected chi connectivity index (χ0v) is 10.3. The molecule has 0 fully saturated rings. The molecule has 84 valence electrons. The lowest BCUT2D eigenvalue weighted by Crippen LogP contribution is -2.48. The van der Waals surface area contributed by atoms with E-state index in [-0.39, 0.29) is 5.60 Å². The van der Waals surface area contributed by atoms with E-state index >= 15 is 0 Å². The van der Waals surface area contributed by atoms with Gasteiger partial charge in [0.1, 0.15) is 0 Å². The molecule has 1 unspecified atom stereocenters. The minimum atomic E-state index is -0.106. The first-order valence-electron chi connectivity index (χ1n) is 5.37. The first-order chi connectivity index (χ1) is 6.44. The van der Waals surface area contributed by atoms with E-state index in [2.05, 4.69) is 39.6 Å². The van der Waals surface area contributed by atoms with Gasteiger partial charge in [0, 0.05) is 13.2 Å². The third-order valence-corrected chi connectivity index (χ3v) is 2.68. The van der Waals surface area contributed by atoms with Crippen LogP contribution >= 0.6 is 0 Å². The Bertz CT molecular complexity index is 175. The maximum atomic E-state index is 5.49. The van der Waals surface area contributed by atoms with Gasteiger partial charge in [0.2, 0.25) is 0 Å². The molecule has 0 rings (SSSR count). The van der Waals surface area contributed by atoms with E-state index in [1.165, 1.54) is 5.57 Å². The fourth-order valence-electron chi connectivity index (χ4n) is 1.47. The minimum Gasteiger partial charge on any atom is -0.377 e. The number of hydrogen-bond acceptors (Lipinski definition) is 2. The normalized spacial score (nSPS) is 14.1. The molecule has 0 spiro atoms. The quantitative estimate of drug-likeness (QED) is 0.637. The Morgan fingerprint density at radius 3 is 2.43 bits per heavy atom. The third kappa shape index (κ3) is 4.77. The van der Waals surface area contributed by atoms with Crippen molar-refractivity contribution in [2.75, 3.05) is 13.7 Å². The van der Waals surface area contributed by atoms with Gasteiger partial charge in [0.05, 0.1) is 5.60 Å². The molecule has 0 radical (unpaired) electrons. The Hall–Kier alpha value is -0.340. The van der Waals surface area contributed by atoms with Crippen molar-refractivity contribution >= 4 is 0 Å². The second kappa shape index (κ2) is 6.20. The SMILES string of the molecule is C=C(C)CCC(NCC)C(C)(C)OC. The van der Waals surface area contributed by atoms with Gasteiger partial charge in [-0.25, -0.2) is 0 Å². The first kappa shape index (κ1) is 13.7. The van der Waals surface area contributed by atoms with Crippen LogP contribution in [-0.2, 0) is 4.74 Å². The van der Waals surface area contributed by atoms with E-state index in [4.69, 9.17) is 4.74 Å². The molecule has 0 saturated carbocycles. The fourth-order valence-corrected chi connectivity index (χ4v) is 1.47. The molecule has 0 aliphatic carbocycles. The maximum Gasteiger partial charge on any atom is 0.0775 e. The topological polar surface area (TPSA) is 21.3 Å². The Morgan fingerprint density at radius 1 is 1.50 bits per heavy atom. The highest BCUT2D eigenvalue weighted by molar-refractivity contribution is 4.93. The van der Waals surface area contributed by atoms with Crippen LogP contribution in [0.15, 0.2) is 12.2 Å². The van der Waals surface area contributed by atoms with Gasteiger partial charge in [-0.15, -0.1) is 6.58 Å². The van der Waals surface area contributed by atoms with Crippen molar-refractivity contribution in [1.82, 2.24) is 5.32 Å². The Morgan fingerprint density at radius 2 is 2.07 bits per heavy atom. The lowest BCUT2D eigenvalue weighted by atomic mass is 9.93. The van der Waals surface area contributed by atoms with E-state index in [0.29, 0.717) is 6.04 Å². The van der Waals surface area contributed by atoms with E-state index in [1.807, 2.05) is 0 Å². The highest BCUT2D eigenvalue weighted by atomic mass is 16.5. The summed E-state index contributed by atoms with van der Waals surface area (Å²) in [6.07, 6.45) is 2.15. The van der Waals surface area contributed by atoms with Gasteiger partial charge in [-0.3, -0.25) is 0 Å². The number of likely N-dealkylation sites (N-methyl/N-ethyl adjacent to an activating group) is 1. The lowest BCUT2D eigenvalue weighted by Gasteiger charge is -2.33. The van der Waals surface area contributed by atoms with E-state index < -0.39 is 0 Å². The summed E-state index contributed by atoms with van der Waals surface area (Å²) >= 11 is 0. The summed E-state index contributed by atoms with van der Waals surface area (Å²) in [5, 5.41) is 3.46. The molecule has 2 nitrogen and oxygen atoms in total. The van der Waals surface area contributed by atoms with Crippen molar-refractivity contribution in [2.24, 2.45) is 0 Å². The molecule has 0 bridgehead atoms. The fraction of sp³-hybridized carbons (Fsp3) is 0.833. The van der Waals surface area contributed by atoms with Crippen LogP contribution in [0.5, 0.6) is 0 Å². The Labute approximate surface area is 88.7 Å². The molecule has 0 aliphatic heterocycles. The molecular weight excluding hydrogens is 174 g/mol. The lowest BCUT2D eigenvalue weighted by molar-refractivity contribution is -0.0119. The number of nitrogens with one attached hydrogen (secondary N) is 1. The Balaban J connectivity index is 4.20. The number of methoxy groups -OCH3 is 1. The first-order valence-corrected chi connectivity index (χ1v) is 5.37. The third-order valence-electron chi connectivity index (χ3n) is 2.68. The van der Waals surface area contributed by atoms with Gasteiger partial charge in [-0.2, -0.15) is 0 Å². The van der Waals surface area contributed by atoms with Crippen LogP contribution in [0.4, 0.5) is 0 Å². The van der Waals surface area contributed by atoms with Crippen LogP contribution in [0.2, 0.25) is 0 Å². The molecule has 0 aliphatic rings. The molecule has 0 aromatic heterocycles. The number of hydrogen-bond donors (Lipinski definition) is 1. The van der Waals surface area contributed by atoms with Crippen molar-refractivity contribution in [3.8, 4) is 0 Å². The zero-order valence-electron chi connectivity index (χ0n) is 10.3. The summed E-state index contributed by atoms with van der Waals surface area (Å²) in [4.78, 5) is 0. The van der Waals surface area contributed by atoms with Gasteiger partial charge >= 0.3 is 0 Å². The summed E-state index contributed by atoms with van der Waals surface area (Å²) in [7, 11) is 1.77. The molecule has 0 amide bonds. The van der Waals surface area contributed by atoms with Crippen molar-refractivity contribution in [1.29, 1.82) is 0 Å². The summed E-state index contributed by atoms with van der Waals surface area (Å²) in [5.74, 6) is 0. The Kier molecular flexibility index (Phi) is 6.05. The van der Waals surface area contributed by atoms with Crippen LogP contribution in [0.25, 0.3) is 0 Å². The average Bonchev–Trinajstić information content (AvgIpc) is 2.11. The second-order valence-electron chi connectivity index (χ2n) is 4.41. The highest BCUT2D eigenvalue weighted by Gasteiger charge is 2.27. The van der Waals surface area contributed by atoms with E-state index in [1.54, 1.807) is 7.11 Å². The molecule has 1 N–H and O–H groups in total. The second-order valence-corrected chi connectivity index (χ2v) is 4.41. The van der Waals surface area contributed by atoms with Crippen LogP contribution in [0.3, 0.4) is 0 Å². The van der Waals surface area contributed by atoms with Crippen LogP contribution in [0, 0.1) is 0 Å². The summed E-state index contributed by atoms with van der Waals surface area (Å²) in [6.45, 7) is 13.4. The molecular formula is C12H25NO. The monoisotopic (exact) mass is 199 g/mol. The molecule has 2 heteroatoms. The van der Waals surface area contributed by atoms with Crippen LogP contribution in [-0.4, -0.2) is 25.3 Å². The molecule has 0 heterocycles. The number of allylic oxidation sites excluding steroid dienone is 1. The van der Waals surface area contributed by atoms with Gasteiger partial charge < -0.3 is 10.1 Å². The van der Waals surface area contributed by atoms with Crippen LogP contribution < -0.4 is 5.32 Å². The molecule has 0 aromatic rings. The molecule has 0 saturated heterocycles. The van der Waals surface area contributed by atoms with Crippen LogP contribution in [0.1, 0.15) is 40.5 Å². The van der Waals surface area contributed by atoms with Crippen molar-refractivity contribution in [2.45, 2.75) is 52.2 Å². The summed E-state index contributed by atoms with van der Waals surface area (Å²) in [6, 6.07) is 0.397. The predicted molar refractivity (Wildman–Crippen MR) is 62.6 cm³/mol. The van der Waals surface area contributed by atoms with E-state index in [9.17, 15) is 0 Å². The van der Waals surface area contributed by atoms with Gasteiger partial charge in [-0.1, -0.05) is 12.5 Å². The number of rotatable bonds is 7. The predicted octanol–water partition coefficient (Wildman–Crippen LogP) is 2.75. The smallest absolute Gasteiger partial charge is 0.0775 e. The largest absolute Gasteiger partial charge is 0.377 e. The van der Waals surface area contributed by atoms with Gasteiger partial charge in [0.25, 0.3) is 0 Å². The summed E-state index contributed by atoms with van der Waals surface area (Å²) < 4.78 is 5.49. The van der Waals surface area contributed by atoms with Crippen molar-refractivity contribution in [3.63, 3.8) is 0 Å². The van der Waals surface area contributed by atoms with E-state index in [0.717, 1.165) is 19.4 Å². The van der Waals surface area contributed by atoms with Crippen molar-refractivity contribution in [3.05, 3.63) is 12.2 Å². The molecule has 0 aromatic carbocycles. The summed E-state index contributed by atoms with van der Waals surface area (Å²) in [5.41, 5.74) is 1.13. The standard InChI is InChI=1S/C12H25NO/c1-7-13-11(9-8-10(2)3)12(4,5)14-6/h11,13H,2,7-9H2,1,3-6H3. The molecule has 1 atom stereocenters. The molecule has 14 heavy (non-hydrogen) atoms. The minimum absolute atomic E-state index is 0.106. The number of ether oxygens (including phenoxy) is 1. The van der Waals surface area contributed by atoms with Gasteiger partial charge in [-0.05, 0) is 40.2 Å². The van der Waals surface area contributed by atoms with Crippen molar-refractivity contribution < 1.29 is 4.74 Å². The average molecular weight is 199 g/mol. The zero-order chi connectivity index (χ0) is 11.2. The highest BCUT2D eigenvalue weighted by Crippen LogP contribution is 2.19. The maximum absolute atomic E-state index is 5.49.